The number of nitrogens with zero attached hydrogens (tertiary/aromatic N) is 2. The van der Waals surface area contributed by atoms with E-state index in [1.54, 1.807) is 17.2 Å². The molecule has 96 valence electrons. The molecule has 1 saturated heterocycles. The molecule has 1 unspecified atom stereocenters. The summed E-state index contributed by atoms with van der Waals surface area (Å²) in [7, 11) is 0. The lowest BCUT2D eigenvalue weighted by Gasteiger charge is -2.15. The van der Waals surface area contributed by atoms with Crippen LogP contribution in [0.2, 0.25) is 0 Å². The fourth-order valence-corrected chi connectivity index (χ4v) is 2.65. The number of hydrogen-bond donors (Lipinski definition) is 2. The summed E-state index contributed by atoms with van der Waals surface area (Å²) in [6, 6.07) is 1.55. The van der Waals surface area contributed by atoms with Gasteiger partial charge >= 0.3 is 0 Å². The summed E-state index contributed by atoms with van der Waals surface area (Å²) >= 11 is 0. The summed E-state index contributed by atoms with van der Waals surface area (Å²) in [6.45, 7) is 1.10. The SMILES string of the molecule is O=C(Cc1cncc(O)c1)N1CC(O)C2(CC2)C1. The predicted molar refractivity (Wildman–Crippen MR) is 63.9 cm³/mol. The maximum absolute atomic E-state index is 12.1. The van der Waals surface area contributed by atoms with Gasteiger partial charge in [0.25, 0.3) is 0 Å². The van der Waals surface area contributed by atoms with Crippen molar-refractivity contribution in [3.05, 3.63) is 24.0 Å². The number of carbonyl (C=O) groups excluding carboxylic acids is 1. The van der Waals surface area contributed by atoms with Gasteiger partial charge in [-0.25, -0.2) is 0 Å². The first-order valence-corrected chi connectivity index (χ1v) is 6.18. The van der Waals surface area contributed by atoms with Crippen LogP contribution in [0.3, 0.4) is 0 Å². The highest BCUT2D eigenvalue weighted by atomic mass is 16.3. The van der Waals surface area contributed by atoms with Crippen molar-refractivity contribution >= 4 is 5.91 Å². The Morgan fingerprint density at radius 3 is 2.89 bits per heavy atom. The van der Waals surface area contributed by atoms with Crippen molar-refractivity contribution in [1.82, 2.24) is 9.88 Å². The Kier molecular flexibility index (Phi) is 2.52. The smallest absolute Gasteiger partial charge is 0.227 e. The highest BCUT2D eigenvalue weighted by Gasteiger charge is 2.55. The number of aliphatic hydroxyl groups excluding tert-OH is 1. The Bertz CT molecular complexity index is 485. The lowest BCUT2D eigenvalue weighted by atomic mass is 10.0. The van der Waals surface area contributed by atoms with E-state index in [1.807, 2.05) is 0 Å². The third-order valence-corrected chi connectivity index (χ3v) is 3.99. The van der Waals surface area contributed by atoms with Crippen LogP contribution in [0.25, 0.3) is 0 Å². The minimum absolute atomic E-state index is 0.00721. The number of hydrogen-bond acceptors (Lipinski definition) is 4. The van der Waals surface area contributed by atoms with Gasteiger partial charge in [0, 0.05) is 24.7 Å². The Labute approximate surface area is 105 Å². The molecular weight excluding hydrogens is 232 g/mol. The molecule has 5 heteroatoms. The van der Waals surface area contributed by atoms with Crippen molar-refractivity contribution in [3.63, 3.8) is 0 Å². The number of likely N-dealkylation sites (tertiary alicyclic amines) is 1. The number of β-amino-alcohol motifs (C(OH)–C–C–N with tert-alkyl or cyclic N) is 1. The van der Waals surface area contributed by atoms with Crippen LogP contribution < -0.4 is 0 Å². The normalized spacial score (nSPS) is 24.5. The molecule has 0 bridgehead atoms. The molecular formula is C13H16N2O3. The summed E-state index contributed by atoms with van der Waals surface area (Å²) in [5, 5.41) is 19.2. The average Bonchev–Trinajstić information content (AvgIpc) is 3.01. The molecule has 2 N–H and O–H groups in total. The van der Waals surface area contributed by atoms with Crippen LogP contribution in [0, 0.1) is 5.41 Å². The van der Waals surface area contributed by atoms with E-state index in [0.29, 0.717) is 18.7 Å². The second kappa shape index (κ2) is 3.95. The fraction of sp³-hybridized carbons (Fsp3) is 0.538. The lowest BCUT2D eigenvalue weighted by molar-refractivity contribution is -0.129. The molecule has 18 heavy (non-hydrogen) atoms. The van der Waals surface area contributed by atoms with E-state index in [1.165, 1.54) is 6.20 Å². The summed E-state index contributed by atoms with van der Waals surface area (Å²) in [5.41, 5.74) is 0.693. The molecule has 1 spiro atoms. The molecule has 1 aromatic heterocycles. The molecule has 1 aromatic rings. The number of pyridine rings is 1. The maximum Gasteiger partial charge on any atom is 0.227 e. The van der Waals surface area contributed by atoms with Gasteiger partial charge in [-0.3, -0.25) is 9.78 Å². The number of aliphatic hydroxyl groups is 1. The second-order valence-electron chi connectivity index (χ2n) is 5.38. The van der Waals surface area contributed by atoms with E-state index in [9.17, 15) is 15.0 Å². The van der Waals surface area contributed by atoms with Crippen LogP contribution in [0.1, 0.15) is 18.4 Å². The first kappa shape index (κ1) is 11.5. The molecule has 2 aliphatic rings. The molecule has 1 amide bonds. The molecule has 0 radical (unpaired) electrons. The highest BCUT2D eigenvalue weighted by molar-refractivity contribution is 5.79. The Morgan fingerprint density at radius 2 is 2.28 bits per heavy atom. The average molecular weight is 248 g/mol. The topological polar surface area (TPSA) is 73.7 Å². The molecule has 1 saturated carbocycles. The van der Waals surface area contributed by atoms with Crippen LogP contribution in [-0.2, 0) is 11.2 Å². The maximum atomic E-state index is 12.1. The van der Waals surface area contributed by atoms with Crippen LogP contribution in [0.15, 0.2) is 18.5 Å². The summed E-state index contributed by atoms with van der Waals surface area (Å²) in [4.78, 5) is 17.7. The second-order valence-corrected chi connectivity index (χ2v) is 5.38. The first-order valence-electron chi connectivity index (χ1n) is 6.18. The zero-order valence-corrected chi connectivity index (χ0v) is 10.0. The van der Waals surface area contributed by atoms with Gasteiger partial charge in [-0.05, 0) is 24.5 Å². The van der Waals surface area contributed by atoms with Gasteiger partial charge in [0.2, 0.25) is 5.91 Å². The van der Waals surface area contributed by atoms with Gasteiger partial charge in [0.1, 0.15) is 5.75 Å². The van der Waals surface area contributed by atoms with Crippen molar-refractivity contribution in [1.29, 1.82) is 0 Å². The third kappa shape index (κ3) is 1.95. The minimum Gasteiger partial charge on any atom is -0.506 e. The summed E-state index contributed by atoms with van der Waals surface area (Å²) in [6.07, 6.45) is 4.81. The zero-order chi connectivity index (χ0) is 12.8. The van der Waals surface area contributed by atoms with E-state index >= 15 is 0 Å². The van der Waals surface area contributed by atoms with Gasteiger partial charge in [-0.1, -0.05) is 0 Å². The monoisotopic (exact) mass is 248 g/mol. The Hall–Kier alpha value is -1.62. The first-order chi connectivity index (χ1) is 8.59. The molecule has 3 rings (SSSR count). The molecule has 1 aliphatic carbocycles. The van der Waals surface area contributed by atoms with Crippen molar-refractivity contribution in [2.75, 3.05) is 13.1 Å². The molecule has 0 aromatic carbocycles. The van der Waals surface area contributed by atoms with E-state index in [4.69, 9.17) is 0 Å². The number of aromatic hydroxyl groups is 1. The standard InChI is InChI=1S/C13H16N2O3/c16-10-3-9(5-14-6-10)4-12(18)15-7-11(17)13(8-15)1-2-13/h3,5-6,11,16-17H,1-2,4,7-8H2. The molecule has 2 fully saturated rings. The third-order valence-electron chi connectivity index (χ3n) is 3.99. The molecule has 1 atom stereocenters. The van der Waals surface area contributed by atoms with Crippen LogP contribution >= 0.6 is 0 Å². The molecule has 1 aliphatic heterocycles. The van der Waals surface area contributed by atoms with E-state index in [-0.39, 0.29) is 29.6 Å². The van der Waals surface area contributed by atoms with E-state index in [2.05, 4.69) is 4.98 Å². The van der Waals surface area contributed by atoms with Gasteiger partial charge < -0.3 is 15.1 Å². The van der Waals surface area contributed by atoms with Crippen molar-refractivity contribution in [3.8, 4) is 5.75 Å². The van der Waals surface area contributed by atoms with Gasteiger partial charge in [0.05, 0.1) is 18.7 Å². The van der Waals surface area contributed by atoms with E-state index in [0.717, 1.165) is 12.8 Å². The highest BCUT2D eigenvalue weighted by Crippen LogP contribution is 2.52. The number of amides is 1. The predicted octanol–water partition coefficient (Wildman–Crippen LogP) is 0.313. The number of carbonyl (C=O) groups is 1. The minimum atomic E-state index is -0.372. The van der Waals surface area contributed by atoms with Crippen LogP contribution in [0.5, 0.6) is 5.75 Å². The largest absolute Gasteiger partial charge is 0.506 e. The van der Waals surface area contributed by atoms with E-state index < -0.39 is 0 Å². The molecule has 5 nitrogen and oxygen atoms in total. The lowest BCUT2D eigenvalue weighted by Crippen LogP contribution is -2.31. The quantitative estimate of drug-likeness (QED) is 0.790. The van der Waals surface area contributed by atoms with Gasteiger partial charge in [-0.15, -0.1) is 0 Å². The van der Waals surface area contributed by atoms with Crippen molar-refractivity contribution in [2.24, 2.45) is 5.41 Å². The van der Waals surface area contributed by atoms with Crippen LogP contribution in [-0.4, -0.2) is 45.2 Å². The fourth-order valence-electron chi connectivity index (χ4n) is 2.65. The van der Waals surface area contributed by atoms with Gasteiger partial charge in [0.15, 0.2) is 0 Å². The van der Waals surface area contributed by atoms with Gasteiger partial charge in [-0.2, -0.15) is 0 Å². The summed E-state index contributed by atoms with van der Waals surface area (Å²) < 4.78 is 0. The Balaban J connectivity index is 1.66. The van der Waals surface area contributed by atoms with Crippen molar-refractivity contribution < 1.29 is 15.0 Å². The summed E-state index contributed by atoms with van der Waals surface area (Å²) in [5.74, 6) is 0.0608. The molecule has 2 heterocycles. The van der Waals surface area contributed by atoms with Crippen molar-refractivity contribution in [2.45, 2.75) is 25.4 Å². The number of rotatable bonds is 2. The Morgan fingerprint density at radius 1 is 1.50 bits per heavy atom. The van der Waals surface area contributed by atoms with Crippen LogP contribution in [0.4, 0.5) is 0 Å². The zero-order valence-electron chi connectivity index (χ0n) is 10.0. The number of aromatic nitrogens is 1.